The standard InChI is InChI=1S/C16H21N3O2.2ClH/c1-17-10-5-11-18-15(20)8-9-16-19-12-14(21-16)13-6-3-2-4-7-13;;/h2-4,6-7,12,17H,5,8-11H2,1H3,(H,18,20);2*1H. The molecule has 2 aromatic rings. The number of oxazole rings is 1. The summed E-state index contributed by atoms with van der Waals surface area (Å²) in [4.78, 5) is 15.9. The van der Waals surface area contributed by atoms with Crippen LogP contribution in [0.3, 0.4) is 0 Å². The summed E-state index contributed by atoms with van der Waals surface area (Å²) in [6.45, 7) is 1.60. The molecule has 0 aliphatic heterocycles. The number of hydrogen-bond acceptors (Lipinski definition) is 4. The van der Waals surface area contributed by atoms with Crippen LogP contribution in [-0.2, 0) is 11.2 Å². The summed E-state index contributed by atoms with van der Waals surface area (Å²) >= 11 is 0. The Morgan fingerprint density at radius 3 is 2.61 bits per heavy atom. The van der Waals surface area contributed by atoms with Gasteiger partial charge in [-0.2, -0.15) is 0 Å². The van der Waals surface area contributed by atoms with Crippen LogP contribution >= 0.6 is 24.8 Å². The zero-order chi connectivity index (χ0) is 14.9. The molecule has 0 aliphatic carbocycles. The number of nitrogens with one attached hydrogen (secondary N) is 2. The predicted octanol–water partition coefficient (Wildman–Crippen LogP) is 2.84. The number of amides is 1. The largest absolute Gasteiger partial charge is 0.441 e. The molecule has 23 heavy (non-hydrogen) atoms. The zero-order valence-electron chi connectivity index (χ0n) is 13.1. The van der Waals surface area contributed by atoms with Crippen molar-refractivity contribution in [3.63, 3.8) is 0 Å². The van der Waals surface area contributed by atoms with Gasteiger partial charge in [-0.25, -0.2) is 4.98 Å². The maximum atomic E-state index is 11.7. The van der Waals surface area contributed by atoms with Gasteiger partial charge >= 0.3 is 0 Å². The number of rotatable bonds is 8. The van der Waals surface area contributed by atoms with E-state index in [1.54, 1.807) is 6.20 Å². The molecule has 0 fully saturated rings. The molecule has 2 N–H and O–H groups in total. The Kier molecular flexibility index (Phi) is 11.1. The second kappa shape index (κ2) is 11.9. The van der Waals surface area contributed by atoms with E-state index in [0.29, 0.717) is 25.3 Å². The fourth-order valence-electron chi connectivity index (χ4n) is 1.96. The Morgan fingerprint density at radius 2 is 1.91 bits per heavy atom. The Bertz CT molecular complexity index is 561. The Balaban J connectivity index is 0.00000242. The van der Waals surface area contributed by atoms with Crippen molar-refractivity contribution in [3.8, 4) is 11.3 Å². The van der Waals surface area contributed by atoms with Crippen molar-refractivity contribution in [1.82, 2.24) is 15.6 Å². The smallest absolute Gasteiger partial charge is 0.220 e. The molecule has 0 saturated carbocycles. The first-order chi connectivity index (χ1) is 10.3. The molecule has 128 valence electrons. The van der Waals surface area contributed by atoms with Crippen molar-refractivity contribution < 1.29 is 9.21 Å². The topological polar surface area (TPSA) is 67.2 Å². The van der Waals surface area contributed by atoms with E-state index in [1.165, 1.54) is 0 Å². The van der Waals surface area contributed by atoms with Crippen LogP contribution < -0.4 is 10.6 Å². The van der Waals surface area contributed by atoms with Crippen LogP contribution in [0.15, 0.2) is 40.9 Å². The van der Waals surface area contributed by atoms with Gasteiger partial charge in [0.15, 0.2) is 11.7 Å². The SMILES string of the molecule is CNCCCNC(=O)CCc1ncc(-c2ccccc2)o1.Cl.Cl. The monoisotopic (exact) mass is 359 g/mol. The van der Waals surface area contributed by atoms with Crippen LogP contribution in [0.1, 0.15) is 18.7 Å². The second-order valence-corrected chi connectivity index (χ2v) is 4.79. The molecule has 7 heteroatoms. The van der Waals surface area contributed by atoms with Gasteiger partial charge < -0.3 is 15.1 Å². The number of benzene rings is 1. The number of carbonyl (C=O) groups excluding carboxylic acids is 1. The minimum Gasteiger partial charge on any atom is -0.441 e. The summed E-state index contributed by atoms with van der Waals surface area (Å²) in [5.41, 5.74) is 0.993. The molecule has 0 spiro atoms. The molecule has 0 atom stereocenters. The molecular weight excluding hydrogens is 337 g/mol. The zero-order valence-corrected chi connectivity index (χ0v) is 14.7. The van der Waals surface area contributed by atoms with Crippen LogP contribution in [-0.4, -0.2) is 31.0 Å². The van der Waals surface area contributed by atoms with Gasteiger partial charge in [0.1, 0.15) is 0 Å². The van der Waals surface area contributed by atoms with Gasteiger partial charge in [0.25, 0.3) is 0 Å². The second-order valence-electron chi connectivity index (χ2n) is 4.79. The van der Waals surface area contributed by atoms with Gasteiger partial charge in [-0.15, -0.1) is 24.8 Å². The van der Waals surface area contributed by atoms with Gasteiger partial charge in [0.05, 0.1) is 6.20 Å². The van der Waals surface area contributed by atoms with Gasteiger partial charge in [0, 0.05) is 24.9 Å². The number of aryl methyl sites for hydroxylation is 1. The quantitative estimate of drug-likeness (QED) is 0.711. The van der Waals surface area contributed by atoms with Crippen molar-refractivity contribution in [2.24, 2.45) is 0 Å². The number of hydrogen-bond donors (Lipinski definition) is 2. The summed E-state index contributed by atoms with van der Waals surface area (Å²) in [7, 11) is 1.90. The Hall–Kier alpha value is -1.56. The fourth-order valence-corrected chi connectivity index (χ4v) is 1.96. The van der Waals surface area contributed by atoms with Gasteiger partial charge in [0.2, 0.25) is 5.91 Å². The van der Waals surface area contributed by atoms with Crippen LogP contribution in [0, 0.1) is 0 Å². The van der Waals surface area contributed by atoms with Crippen molar-refractivity contribution in [2.45, 2.75) is 19.3 Å². The average molecular weight is 360 g/mol. The first-order valence-electron chi connectivity index (χ1n) is 7.21. The van der Waals surface area contributed by atoms with Crippen molar-refractivity contribution in [1.29, 1.82) is 0 Å². The van der Waals surface area contributed by atoms with Crippen LogP contribution in [0.4, 0.5) is 0 Å². The van der Waals surface area contributed by atoms with Crippen molar-refractivity contribution in [3.05, 3.63) is 42.4 Å². The molecule has 1 amide bonds. The number of aromatic nitrogens is 1. The normalized spacial score (nSPS) is 9.61. The molecule has 0 aliphatic rings. The lowest BCUT2D eigenvalue weighted by Crippen LogP contribution is -2.26. The molecule has 0 saturated heterocycles. The third-order valence-corrected chi connectivity index (χ3v) is 3.10. The van der Waals surface area contributed by atoms with E-state index in [0.717, 1.165) is 24.3 Å². The molecular formula is C16H23Cl2N3O2. The van der Waals surface area contributed by atoms with E-state index < -0.39 is 0 Å². The molecule has 1 heterocycles. The number of nitrogens with zero attached hydrogens (tertiary/aromatic N) is 1. The first-order valence-corrected chi connectivity index (χ1v) is 7.21. The highest BCUT2D eigenvalue weighted by atomic mass is 35.5. The lowest BCUT2D eigenvalue weighted by Gasteiger charge is -2.03. The van der Waals surface area contributed by atoms with Crippen LogP contribution in [0.25, 0.3) is 11.3 Å². The summed E-state index contributed by atoms with van der Waals surface area (Å²) in [5.74, 6) is 1.37. The molecule has 0 radical (unpaired) electrons. The highest BCUT2D eigenvalue weighted by Gasteiger charge is 2.08. The van der Waals surface area contributed by atoms with E-state index in [-0.39, 0.29) is 30.7 Å². The Morgan fingerprint density at radius 1 is 1.17 bits per heavy atom. The number of carbonyl (C=O) groups is 1. The Labute approximate surface area is 149 Å². The lowest BCUT2D eigenvalue weighted by atomic mass is 10.2. The summed E-state index contributed by atoms with van der Waals surface area (Å²) in [5, 5.41) is 5.92. The maximum Gasteiger partial charge on any atom is 0.220 e. The fraction of sp³-hybridized carbons (Fsp3) is 0.375. The van der Waals surface area contributed by atoms with Gasteiger partial charge in [-0.3, -0.25) is 4.79 Å². The van der Waals surface area contributed by atoms with Gasteiger partial charge in [-0.05, 0) is 20.0 Å². The van der Waals surface area contributed by atoms with E-state index in [4.69, 9.17) is 4.42 Å². The summed E-state index contributed by atoms with van der Waals surface area (Å²) in [6, 6.07) is 9.81. The van der Waals surface area contributed by atoms with Crippen molar-refractivity contribution in [2.75, 3.05) is 20.1 Å². The molecule has 2 rings (SSSR count). The maximum absolute atomic E-state index is 11.7. The molecule has 5 nitrogen and oxygen atoms in total. The van der Waals surface area contributed by atoms with E-state index in [2.05, 4.69) is 15.6 Å². The highest BCUT2D eigenvalue weighted by molar-refractivity contribution is 5.85. The lowest BCUT2D eigenvalue weighted by molar-refractivity contribution is -0.121. The average Bonchev–Trinajstić information content (AvgIpc) is 2.99. The minimum atomic E-state index is 0. The van der Waals surface area contributed by atoms with Gasteiger partial charge in [-0.1, -0.05) is 30.3 Å². The van der Waals surface area contributed by atoms with Crippen LogP contribution in [0.5, 0.6) is 0 Å². The summed E-state index contributed by atoms with van der Waals surface area (Å²) < 4.78 is 5.66. The van der Waals surface area contributed by atoms with E-state index in [1.807, 2.05) is 37.4 Å². The van der Waals surface area contributed by atoms with E-state index >= 15 is 0 Å². The van der Waals surface area contributed by atoms with Crippen molar-refractivity contribution >= 4 is 30.7 Å². The summed E-state index contributed by atoms with van der Waals surface area (Å²) in [6.07, 6.45) is 3.55. The van der Waals surface area contributed by atoms with Crippen LogP contribution in [0.2, 0.25) is 0 Å². The molecule has 1 aromatic carbocycles. The first kappa shape index (κ1) is 21.4. The van der Waals surface area contributed by atoms with E-state index in [9.17, 15) is 4.79 Å². The molecule has 1 aromatic heterocycles. The third-order valence-electron chi connectivity index (χ3n) is 3.10. The molecule has 0 bridgehead atoms. The highest BCUT2D eigenvalue weighted by Crippen LogP contribution is 2.20. The predicted molar refractivity (Wildman–Crippen MR) is 96.3 cm³/mol. The third kappa shape index (κ3) is 7.50. The molecule has 0 unspecified atom stereocenters. The minimum absolute atomic E-state index is 0. The number of halogens is 2.